The summed E-state index contributed by atoms with van der Waals surface area (Å²) in [5.41, 5.74) is 3.08. The minimum Gasteiger partial charge on any atom is -0.347 e. The molecule has 3 rings (SSSR count). The standard InChI is InChI=1S/C21H19N3O/c1-2-24-15-18(19-10-6-7-11-20(19)24)12-17(13-22)21(25)23-14-16-8-4-3-5-9-16/h3-12,15H,2,14H2,1H3,(H,23,25)/b17-12-. The highest BCUT2D eigenvalue weighted by molar-refractivity contribution is 6.04. The number of nitrogens with zero attached hydrogens (tertiary/aromatic N) is 2. The molecule has 4 heteroatoms. The van der Waals surface area contributed by atoms with Crippen molar-refractivity contribution in [1.82, 2.24) is 9.88 Å². The Morgan fingerprint density at radius 3 is 2.60 bits per heavy atom. The van der Waals surface area contributed by atoms with Crippen molar-refractivity contribution >= 4 is 22.9 Å². The molecule has 0 fully saturated rings. The van der Waals surface area contributed by atoms with Gasteiger partial charge in [0.05, 0.1) is 0 Å². The van der Waals surface area contributed by atoms with Gasteiger partial charge in [0.15, 0.2) is 0 Å². The van der Waals surface area contributed by atoms with Crippen molar-refractivity contribution in [1.29, 1.82) is 5.26 Å². The summed E-state index contributed by atoms with van der Waals surface area (Å²) >= 11 is 0. The Bertz CT molecular complexity index is 962. The normalized spacial score (nSPS) is 11.3. The first-order valence-electron chi connectivity index (χ1n) is 8.24. The number of benzene rings is 2. The number of rotatable bonds is 5. The van der Waals surface area contributed by atoms with Crippen LogP contribution in [0.2, 0.25) is 0 Å². The van der Waals surface area contributed by atoms with Crippen LogP contribution in [0.1, 0.15) is 18.1 Å². The van der Waals surface area contributed by atoms with Crippen LogP contribution in [0.4, 0.5) is 0 Å². The van der Waals surface area contributed by atoms with E-state index >= 15 is 0 Å². The van der Waals surface area contributed by atoms with Crippen LogP contribution in [0.3, 0.4) is 0 Å². The highest BCUT2D eigenvalue weighted by atomic mass is 16.1. The van der Waals surface area contributed by atoms with Gasteiger partial charge in [-0.3, -0.25) is 4.79 Å². The molecule has 0 atom stereocenters. The smallest absolute Gasteiger partial charge is 0.262 e. The SMILES string of the molecule is CCn1cc(/C=C(/C#N)C(=O)NCc2ccccc2)c2ccccc21. The van der Waals surface area contributed by atoms with Crippen molar-refractivity contribution in [3.63, 3.8) is 0 Å². The van der Waals surface area contributed by atoms with Gasteiger partial charge in [0.2, 0.25) is 0 Å². The van der Waals surface area contributed by atoms with Gasteiger partial charge in [0.25, 0.3) is 5.91 Å². The summed E-state index contributed by atoms with van der Waals surface area (Å²) in [4.78, 5) is 12.4. The molecule has 0 spiro atoms. The summed E-state index contributed by atoms with van der Waals surface area (Å²) in [6, 6.07) is 19.6. The molecule has 25 heavy (non-hydrogen) atoms. The molecule has 0 aliphatic carbocycles. The van der Waals surface area contributed by atoms with Crippen LogP contribution in [0, 0.1) is 11.3 Å². The number of para-hydroxylation sites is 1. The lowest BCUT2D eigenvalue weighted by atomic mass is 10.1. The van der Waals surface area contributed by atoms with Gasteiger partial charge in [0.1, 0.15) is 11.6 Å². The number of hydrogen-bond donors (Lipinski definition) is 1. The average Bonchev–Trinajstić information content (AvgIpc) is 3.03. The molecular weight excluding hydrogens is 310 g/mol. The Morgan fingerprint density at radius 2 is 1.88 bits per heavy atom. The lowest BCUT2D eigenvalue weighted by Crippen LogP contribution is -2.23. The van der Waals surface area contributed by atoms with Crippen LogP contribution in [-0.4, -0.2) is 10.5 Å². The largest absolute Gasteiger partial charge is 0.347 e. The second-order valence-corrected chi connectivity index (χ2v) is 5.73. The van der Waals surface area contributed by atoms with Gasteiger partial charge < -0.3 is 9.88 Å². The van der Waals surface area contributed by atoms with E-state index in [9.17, 15) is 10.1 Å². The summed E-state index contributed by atoms with van der Waals surface area (Å²) in [5, 5.41) is 13.2. The first-order chi connectivity index (χ1) is 12.2. The number of fused-ring (bicyclic) bond motifs is 1. The number of aromatic nitrogens is 1. The van der Waals surface area contributed by atoms with Crippen molar-refractivity contribution < 1.29 is 4.79 Å². The molecule has 0 aliphatic rings. The quantitative estimate of drug-likeness (QED) is 0.570. The Morgan fingerprint density at radius 1 is 1.16 bits per heavy atom. The molecule has 4 nitrogen and oxygen atoms in total. The fourth-order valence-electron chi connectivity index (χ4n) is 2.83. The third kappa shape index (κ3) is 3.61. The van der Waals surface area contributed by atoms with E-state index in [-0.39, 0.29) is 11.5 Å². The van der Waals surface area contributed by atoms with E-state index in [1.54, 1.807) is 6.08 Å². The number of amides is 1. The Kier molecular flexibility index (Phi) is 4.96. The van der Waals surface area contributed by atoms with E-state index in [1.165, 1.54) is 0 Å². The molecule has 0 radical (unpaired) electrons. The van der Waals surface area contributed by atoms with Crippen LogP contribution >= 0.6 is 0 Å². The number of carbonyl (C=O) groups is 1. The molecule has 0 unspecified atom stereocenters. The van der Waals surface area contributed by atoms with Crippen LogP contribution in [0.5, 0.6) is 0 Å². The van der Waals surface area contributed by atoms with Gasteiger partial charge in [-0.2, -0.15) is 5.26 Å². The maximum atomic E-state index is 12.4. The van der Waals surface area contributed by atoms with E-state index < -0.39 is 0 Å². The maximum Gasteiger partial charge on any atom is 0.262 e. The molecule has 124 valence electrons. The highest BCUT2D eigenvalue weighted by Gasteiger charge is 2.11. The predicted octanol–water partition coefficient (Wildman–Crippen LogP) is 3.88. The van der Waals surface area contributed by atoms with Crippen molar-refractivity contribution in [2.45, 2.75) is 20.0 Å². The highest BCUT2D eigenvalue weighted by Crippen LogP contribution is 2.23. The third-order valence-corrected chi connectivity index (χ3v) is 4.12. The molecular formula is C21H19N3O. The second kappa shape index (κ2) is 7.50. The molecule has 1 amide bonds. The Labute approximate surface area is 147 Å². The Hall–Kier alpha value is -3.32. The Balaban J connectivity index is 1.85. The van der Waals surface area contributed by atoms with E-state index in [1.807, 2.05) is 66.9 Å². The summed E-state index contributed by atoms with van der Waals surface area (Å²) in [6.45, 7) is 3.30. The lowest BCUT2D eigenvalue weighted by molar-refractivity contribution is -0.117. The number of carbonyl (C=O) groups excluding carboxylic acids is 1. The summed E-state index contributed by atoms with van der Waals surface area (Å²) < 4.78 is 2.11. The van der Waals surface area contributed by atoms with Crippen molar-refractivity contribution in [3.8, 4) is 6.07 Å². The topological polar surface area (TPSA) is 57.8 Å². The van der Waals surface area contributed by atoms with Crippen LogP contribution in [0.15, 0.2) is 66.4 Å². The number of nitriles is 1. The summed E-state index contributed by atoms with van der Waals surface area (Å²) in [7, 11) is 0. The lowest BCUT2D eigenvalue weighted by Gasteiger charge is -2.04. The molecule has 1 aromatic heterocycles. The molecule has 0 bridgehead atoms. The van der Waals surface area contributed by atoms with E-state index in [4.69, 9.17) is 0 Å². The van der Waals surface area contributed by atoms with Crippen LogP contribution in [-0.2, 0) is 17.9 Å². The van der Waals surface area contributed by atoms with Gasteiger partial charge >= 0.3 is 0 Å². The monoisotopic (exact) mass is 329 g/mol. The summed E-state index contributed by atoms with van der Waals surface area (Å²) in [6.07, 6.45) is 3.64. The van der Waals surface area contributed by atoms with E-state index in [2.05, 4.69) is 16.8 Å². The zero-order chi connectivity index (χ0) is 17.6. The zero-order valence-electron chi connectivity index (χ0n) is 14.1. The van der Waals surface area contributed by atoms with Gasteiger partial charge in [-0.25, -0.2) is 0 Å². The first kappa shape index (κ1) is 16.5. The number of aryl methyl sites for hydroxylation is 1. The van der Waals surface area contributed by atoms with Crippen molar-refractivity contribution in [2.75, 3.05) is 0 Å². The molecule has 0 aliphatic heterocycles. The minimum atomic E-state index is -0.361. The van der Waals surface area contributed by atoms with E-state index in [0.29, 0.717) is 6.54 Å². The molecule has 2 aromatic carbocycles. The maximum absolute atomic E-state index is 12.4. The van der Waals surface area contributed by atoms with Crippen LogP contribution in [0.25, 0.3) is 17.0 Å². The summed E-state index contributed by atoms with van der Waals surface area (Å²) in [5.74, 6) is -0.361. The fraction of sp³-hybridized carbons (Fsp3) is 0.143. The third-order valence-electron chi connectivity index (χ3n) is 4.12. The van der Waals surface area contributed by atoms with Gasteiger partial charge in [-0.1, -0.05) is 48.5 Å². The zero-order valence-corrected chi connectivity index (χ0v) is 14.1. The van der Waals surface area contributed by atoms with Crippen molar-refractivity contribution in [2.24, 2.45) is 0 Å². The molecule has 1 N–H and O–H groups in total. The van der Waals surface area contributed by atoms with Gasteiger partial charge in [-0.05, 0) is 24.6 Å². The average molecular weight is 329 g/mol. The second-order valence-electron chi connectivity index (χ2n) is 5.73. The molecule has 0 saturated heterocycles. The fourth-order valence-corrected chi connectivity index (χ4v) is 2.83. The van der Waals surface area contributed by atoms with Gasteiger partial charge in [0, 0.05) is 35.8 Å². The molecule has 3 aromatic rings. The molecule has 0 saturated carbocycles. The minimum absolute atomic E-state index is 0.106. The van der Waals surface area contributed by atoms with Crippen LogP contribution < -0.4 is 5.32 Å². The van der Waals surface area contributed by atoms with E-state index in [0.717, 1.165) is 28.6 Å². The first-order valence-corrected chi connectivity index (χ1v) is 8.24. The van der Waals surface area contributed by atoms with Gasteiger partial charge in [-0.15, -0.1) is 0 Å². The number of nitrogens with one attached hydrogen (secondary N) is 1. The number of hydrogen-bond acceptors (Lipinski definition) is 2. The molecule has 1 heterocycles. The van der Waals surface area contributed by atoms with Crippen molar-refractivity contribution in [3.05, 3.63) is 77.5 Å². The predicted molar refractivity (Wildman–Crippen MR) is 99.5 cm³/mol.